The Hall–Kier alpha value is -3.67. The number of phenolic OH excluding ortho intramolecular Hbond substituents is 1. The Balaban J connectivity index is 2.85. The molecule has 9 N–H and O–H groups in total. The van der Waals surface area contributed by atoms with Crippen LogP contribution in [-0.4, -0.2) is 64.0 Å². The second-order valence-corrected chi connectivity index (χ2v) is 7.34. The van der Waals surface area contributed by atoms with E-state index in [2.05, 4.69) is 16.0 Å². The van der Waals surface area contributed by atoms with Gasteiger partial charge in [-0.15, -0.1) is 0 Å². The van der Waals surface area contributed by atoms with Crippen LogP contribution in [0, 0.1) is 0 Å². The molecule has 32 heavy (non-hydrogen) atoms. The number of primary amides is 1. The number of benzene rings is 1. The van der Waals surface area contributed by atoms with E-state index in [-0.39, 0.29) is 25.0 Å². The number of aliphatic carboxylic acids is 1. The molecule has 0 aliphatic heterocycles. The van der Waals surface area contributed by atoms with Crippen molar-refractivity contribution in [3.63, 3.8) is 0 Å². The lowest BCUT2D eigenvalue weighted by atomic mass is 10.0. The first-order valence-corrected chi connectivity index (χ1v) is 9.86. The summed E-state index contributed by atoms with van der Waals surface area (Å²) in [4.78, 5) is 59.1. The van der Waals surface area contributed by atoms with E-state index in [9.17, 15) is 29.1 Å². The minimum absolute atomic E-state index is 0.00296. The van der Waals surface area contributed by atoms with Gasteiger partial charge in [0.05, 0.1) is 6.04 Å². The lowest BCUT2D eigenvalue weighted by molar-refractivity contribution is -0.141. The molecule has 1 aromatic carbocycles. The van der Waals surface area contributed by atoms with Gasteiger partial charge in [-0.3, -0.25) is 24.0 Å². The molecule has 12 nitrogen and oxygen atoms in total. The second-order valence-electron chi connectivity index (χ2n) is 7.34. The zero-order chi connectivity index (χ0) is 24.4. The quantitative estimate of drug-likeness (QED) is 0.190. The molecule has 0 aliphatic carbocycles. The fourth-order valence-corrected chi connectivity index (χ4v) is 2.56. The van der Waals surface area contributed by atoms with E-state index in [1.165, 1.54) is 26.0 Å². The van der Waals surface area contributed by atoms with Crippen molar-refractivity contribution in [2.45, 2.75) is 57.3 Å². The number of phenols is 1. The zero-order valence-electron chi connectivity index (χ0n) is 17.8. The number of carboxylic acids is 1. The van der Waals surface area contributed by atoms with E-state index in [0.29, 0.717) is 5.56 Å². The van der Waals surface area contributed by atoms with Crippen LogP contribution >= 0.6 is 0 Å². The molecule has 0 spiro atoms. The van der Waals surface area contributed by atoms with E-state index in [4.69, 9.17) is 16.6 Å². The number of nitrogens with two attached hydrogens (primary N) is 2. The minimum atomic E-state index is -1.25. The maximum absolute atomic E-state index is 12.6. The van der Waals surface area contributed by atoms with Crippen molar-refractivity contribution in [2.24, 2.45) is 11.5 Å². The van der Waals surface area contributed by atoms with E-state index in [1.807, 2.05) is 0 Å². The molecule has 0 radical (unpaired) electrons. The lowest BCUT2D eigenvalue weighted by Crippen LogP contribution is -2.56. The molecule has 0 heterocycles. The SMILES string of the molecule is CC(NC(=O)C(Cc1ccc(O)cc1)NC(=O)C(C)NC(=O)C(N)CCC(N)=O)C(=O)O. The average Bonchev–Trinajstić information content (AvgIpc) is 2.72. The van der Waals surface area contributed by atoms with Gasteiger partial charge in [0, 0.05) is 12.8 Å². The molecule has 4 atom stereocenters. The van der Waals surface area contributed by atoms with Gasteiger partial charge in [0.25, 0.3) is 0 Å². The van der Waals surface area contributed by atoms with Crippen LogP contribution in [-0.2, 0) is 30.4 Å². The third kappa shape index (κ3) is 9.00. The van der Waals surface area contributed by atoms with Crippen molar-refractivity contribution < 1.29 is 34.2 Å². The zero-order valence-corrected chi connectivity index (χ0v) is 17.8. The summed E-state index contributed by atoms with van der Waals surface area (Å²) in [5, 5.41) is 25.6. The highest BCUT2D eigenvalue weighted by atomic mass is 16.4. The van der Waals surface area contributed by atoms with E-state index >= 15 is 0 Å². The summed E-state index contributed by atoms with van der Waals surface area (Å²) >= 11 is 0. The van der Waals surface area contributed by atoms with E-state index in [1.54, 1.807) is 12.1 Å². The summed E-state index contributed by atoms with van der Waals surface area (Å²) in [6.45, 7) is 2.65. The Morgan fingerprint density at radius 3 is 2.00 bits per heavy atom. The third-order valence-corrected chi connectivity index (χ3v) is 4.53. The molecule has 0 bridgehead atoms. The van der Waals surface area contributed by atoms with Crippen LogP contribution in [0.25, 0.3) is 0 Å². The fraction of sp³-hybridized carbons (Fsp3) is 0.450. The molecule has 0 fully saturated rings. The summed E-state index contributed by atoms with van der Waals surface area (Å²) in [5.41, 5.74) is 11.3. The standard InChI is InChI=1S/C20H29N5O7/c1-10(23-18(29)14(21)7-8-16(22)27)17(28)25-15(19(30)24-11(2)20(31)32)9-12-3-5-13(26)6-4-12/h3-6,10-11,14-15,26H,7-9,21H2,1-2H3,(H2,22,27)(H,23,29)(H,24,30)(H,25,28)(H,31,32). The van der Waals surface area contributed by atoms with Gasteiger partial charge in [0.2, 0.25) is 23.6 Å². The number of hydrogen-bond acceptors (Lipinski definition) is 7. The highest BCUT2D eigenvalue weighted by Gasteiger charge is 2.27. The Morgan fingerprint density at radius 2 is 1.47 bits per heavy atom. The van der Waals surface area contributed by atoms with Gasteiger partial charge >= 0.3 is 5.97 Å². The number of aromatic hydroxyl groups is 1. The normalized spacial score (nSPS) is 14.3. The summed E-state index contributed by atoms with van der Waals surface area (Å²) in [6, 6.07) is 1.43. The molecule has 0 saturated carbocycles. The van der Waals surface area contributed by atoms with E-state index < -0.39 is 53.8 Å². The lowest BCUT2D eigenvalue weighted by Gasteiger charge is -2.23. The highest BCUT2D eigenvalue weighted by Crippen LogP contribution is 2.12. The van der Waals surface area contributed by atoms with Gasteiger partial charge in [0.1, 0.15) is 23.9 Å². The first kappa shape index (κ1) is 26.4. The first-order chi connectivity index (χ1) is 14.9. The predicted molar refractivity (Wildman–Crippen MR) is 113 cm³/mol. The summed E-state index contributed by atoms with van der Waals surface area (Å²) in [7, 11) is 0. The van der Waals surface area contributed by atoms with Crippen molar-refractivity contribution in [1.29, 1.82) is 0 Å². The Kier molecular flexibility index (Phi) is 10.1. The maximum Gasteiger partial charge on any atom is 0.325 e. The Morgan fingerprint density at radius 1 is 0.906 bits per heavy atom. The number of carbonyl (C=O) groups is 5. The number of nitrogens with one attached hydrogen (secondary N) is 3. The number of hydrogen-bond donors (Lipinski definition) is 7. The summed E-state index contributed by atoms with van der Waals surface area (Å²) in [5.74, 6) is -3.97. The molecular weight excluding hydrogens is 422 g/mol. The first-order valence-electron chi connectivity index (χ1n) is 9.86. The van der Waals surface area contributed by atoms with Crippen LogP contribution in [0.1, 0.15) is 32.3 Å². The summed E-state index contributed by atoms with van der Waals surface area (Å²) in [6.07, 6.45) is -0.0801. The van der Waals surface area contributed by atoms with Gasteiger partial charge in [-0.25, -0.2) is 0 Å². The fourth-order valence-electron chi connectivity index (χ4n) is 2.56. The van der Waals surface area contributed by atoms with Crippen molar-refractivity contribution in [1.82, 2.24) is 16.0 Å². The topological polar surface area (TPSA) is 214 Å². The van der Waals surface area contributed by atoms with Gasteiger partial charge in [0.15, 0.2) is 0 Å². The monoisotopic (exact) mass is 451 g/mol. The van der Waals surface area contributed by atoms with E-state index in [0.717, 1.165) is 0 Å². The largest absolute Gasteiger partial charge is 0.508 e. The van der Waals surface area contributed by atoms with Gasteiger partial charge in [-0.2, -0.15) is 0 Å². The minimum Gasteiger partial charge on any atom is -0.508 e. The molecule has 0 aromatic heterocycles. The molecule has 1 aromatic rings. The van der Waals surface area contributed by atoms with Crippen molar-refractivity contribution in [2.75, 3.05) is 0 Å². The summed E-state index contributed by atoms with van der Waals surface area (Å²) < 4.78 is 0. The van der Waals surface area contributed by atoms with Gasteiger partial charge < -0.3 is 37.6 Å². The van der Waals surface area contributed by atoms with Crippen LogP contribution < -0.4 is 27.4 Å². The molecule has 1 rings (SSSR count). The molecule has 0 saturated heterocycles. The number of carboxylic acid groups (broad SMARTS) is 1. The predicted octanol–water partition coefficient (Wildman–Crippen LogP) is -1.89. The molecular formula is C20H29N5O7. The second kappa shape index (κ2) is 12.2. The Bertz CT molecular complexity index is 843. The van der Waals surface area contributed by atoms with Crippen LogP contribution in [0.15, 0.2) is 24.3 Å². The average molecular weight is 451 g/mol. The number of amides is 4. The maximum atomic E-state index is 12.6. The van der Waals surface area contributed by atoms with Gasteiger partial charge in [-0.05, 0) is 38.0 Å². The molecule has 4 amide bonds. The van der Waals surface area contributed by atoms with Crippen LogP contribution in [0.5, 0.6) is 5.75 Å². The van der Waals surface area contributed by atoms with Crippen LogP contribution in [0.3, 0.4) is 0 Å². The molecule has 0 aliphatic rings. The smallest absolute Gasteiger partial charge is 0.325 e. The third-order valence-electron chi connectivity index (χ3n) is 4.53. The molecule has 4 unspecified atom stereocenters. The Labute approximate surface area is 184 Å². The highest BCUT2D eigenvalue weighted by molar-refractivity contribution is 5.94. The number of rotatable bonds is 12. The molecule has 176 valence electrons. The van der Waals surface area contributed by atoms with Gasteiger partial charge in [-0.1, -0.05) is 12.1 Å². The van der Waals surface area contributed by atoms with Crippen molar-refractivity contribution >= 4 is 29.6 Å². The number of carbonyl (C=O) groups excluding carboxylic acids is 4. The van der Waals surface area contributed by atoms with Crippen LogP contribution in [0.4, 0.5) is 0 Å². The van der Waals surface area contributed by atoms with Crippen molar-refractivity contribution in [3.05, 3.63) is 29.8 Å². The van der Waals surface area contributed by atoms with Crippen molar-refractivity contribution in [3.8, 4) is 5.75 Å². The molecule has 12 heteroatoms. The van der Waals surface area contributed by atoms with Crippen LogP contribution in [0.2, 0.25) is 0 Å².